The monoisotopic (exact) mass is 836 g/mol. The minimum absolute atomic E-state index is 0.0713. The van der Waals surface area contributed by atoms with E-state index in [1.165, 1.54) is 17.4 Å². The summed E-state index contributed by atoms with van der Waals surface area (Å²) in [7, 11) is 0. The van der Waals surface area contributed by atoms with E-state index in [-0.39, 0.29) is 38.8 Å². The Morgan fingerprint density at radius 1 is 0.831 bits per heavy atom. The second-order valence-electron chi connectivity index (χ2n) is 15.0. The summed E-state index contributed by atoms with van der Waals surface area (Å²) in [6.07, 6.45) is 2.83. The maximum Gasteiger partial charge on any atom is 0.326 e. The quantitative estimate of drug-likeness (QED) is 0.0448. The third-order valence-electron chi connectivity index (χ3n) is 10.0. The van der Waals surface area contributed by atoms with Crippen molar-refractivity contribution in [2.75, 3.05) is 13.1 Å². The summed E-state index contributed by atoms with van der Waals surface area (Å²) in [5.74, 6) is -10.3. The summed E-state index contributed by atoms with van der Waals surface area (Å²) in [5.41, 5.74) is 12.4. The van der Waals surface area contributed by atoms with Crippen molar-refractivity contribution in [1.82, 2.24) is 41.5 Å². The van der Waals surface area contributed by atoms with E-state index in [1.807, 2.05) is 0 Å². The zero-order chi connectivity index (χ0) is 44.4. The first-order valence-corrected chi connectivity index (χ1v) is 19.7. The number of nitrogens with one attached hydrogen (secondary N) is 6. The summed E-state index contributed by atoms with van der Waals surface area (Å²) < 4.78 is 0. The number of carbonyl (C=O) groups is 9. The number of carbonyl (C=O) groups excluding carboxylic acids is 6. The number of aliphatic carboxylic acids is 3. The number of unbranched alkanes of at least 4 members (excludes halogenated alkanes) is 1. The van der Waals surface area contributed by atoms with Gasteiger partial charge in [-0.1, -0.05) is 34.1 Å². The van der Waals surface area contributed by atoms with Crippen LogP contribution in [0.1, 0.15) is 91.2 Å². The van der Waals surface area contributed by atoms with Gasteiger partial charge in [-0.25, -0.2) is 9.78 Å². The summed E-state index contributed by atoms with van der Waals surface area (Å²) >= 11 is 0. The molecule has 22 nitrogen and oxygen atoms in total. The van der Waals surface area contributed by atoms with Gasteiger partial charge >= 0.3 is 17.9 Å². The second-order valence-corrected chi connectivity index (χ2v) is 15.0. The molecule has 1 aromatic heterocycles. The molecule has 1 fully saturated rings. The lowest BCUT2D eigenvalue weighted by Gasteiger charge is -2.29. The Bertz CT molecular complexity index is 1620. The average molecular weight is 837 g/mol. The van der Waals surface area contributed by atoms with E-state index < -0.39 is 127 Å². The van der Waals surface area contributed by atoms with E-state index >= 15 is 0 Å². The third kappa shape index (κ3) is 15.9. The third-order valence-corrected chi connectivity index (χ3v) is 10.0. The molecule has 8 atom stereocenters. The standard InChI is InChI=1S/C37H60N10O12/c1-5-20(4)30(37(58)59)46-35(56)29(19(2)3)45-33(54)25(16-28(50)51)44-31(52)23(9-6-7-13-38)42-32(53)24(11-12-27(48)49)43-34(55)26-10-8-14-47(26)36(57)22(39)15-21-17-40-18-41-21/h17-20,22-26,29-30H,5-16,38-39H2,1-4H3,(H,40,41)(H,42,53)(H,43,55)(H,44,52)(H,45,54)(H,46,56)(H,48,49)(H,50,51)(H,58,59)/t20-,22-,23-,24-,25-,26-,29-,30-/m0/s1. The number of nitrogens with zero attached hydrogens (tertiary/aromatic N) is 2. The summed E-state index contributed by atoms with van der Waals surface area (Å²) in [6.45, 7) is 6.91. The van der Waals surface area contributed by atoms with Crippen molar-refractivity contribution >= 4 is 53.4 Å². The molecule has 13 N–H and O–H groups in total. The Labute approximate surface area is 341 Å². The molecule has 0 radical (unpaired) electrons. The van der Waals surface area contributed by atoms with Crippen molar-refractivity contribution < 1.29 is 58.5 Å². The van der Waals surface area contributed by atoms with Gasteiger partial charge in [0, 0.05) is 31.3 Å². The maximum absolute atomic E-state index is 13.8. The number of likely N-dealkylation sites (tertiary alicyclic amines) is 1. The lowest BCUT2D eigenvalue weighted by Crippen LogP contribution is -2.60. The zero-order valence-electron chi connectivity index (χ0n) is 33.9. The van der Waals surface area contributed by atoms with Gasteiger partial charge in [0.1, 0.15) is 36.3 Å². The van der Waals surface area contributed by atoms with Gasteiger partial charge in [0.15, 0.2) is 0 Å². The van der Waals surface area contributed by atoms with Crippen LogP contribution in [-0.2, 0) is 49.6 Å². The van der Waals surface area contributed by atoms with Crippen LogP contribution in [0.25, 0.3) is 0 Å². The molecule has 1 saturated heterocycles. The number of nitrogens with two attached hydrogens (primary N) is 2. The molecule has 0 aliphatic carbocycles. The molecule has 0 spiro atoms. The molecule has 6 amide bonds. The van der Waals surface area contributed by atoms with Crippen LogP contribution in [0, 0.1) is 11.8 Å². The fourth-order valence-corrected chi connectivity index (χ4v) is 6.45. The van der Waals surface area contributed by atoms with E-state index in [2.05, 4.69) is 36.6 Å². The Morgan fingerprint density at radius 2 is 1.44 bits per heavy atom. The number of amides is 6. The van der Waals surface area contributed by atoms with E-state index in [1.54, 1.807) is 27.7 Å². The Kier molecular flexibility index (Phi) is 20.4. The highest BCUT2D eigenvalue weighted by Crippen LogP contribution is 2.20. The average Bonchev–Trinajstić information content (AvgIpc) is 3.88. The minimum atomic E-state index is -1.78. The van der Waals surface area contributed by atoms with Crippen LogP contribution < -0.4 is 38.1 Å². The van der Waals surface area contributed by atoms with Crippen molar-refractivity contribution in [3.8, 4) is 0 Å². The van der Waals surface area contributed by atoms with Crippen LogP contribution in [-0.4, -0.2) is 139 Å². The normalized spacial score (nSPS) is 17.3. The largest absolute Gasteiger partial charge is 0.481 e. The van der Waals surface area contributed by atoms with E-state index in [9.17, 15) is 58.5 Å². The number of aromatic nitrogens is 2. The lowest BCUT2D eigenvalue weighted by molar-refractivity contribution is -0.144. The molecule has 22 heteroatoms. The van der Waals surface area contributed by atoms with Crippen molar-refractivity contribution in [1.29, 1.82) is 0 Å². The first-order valence-electron chi connectivity index (χ1n) is 19.7. The Balaban J connectivity index is 2.29. The van der Waals surface area contributed by atoms with E-state index in [4.69, 9.17) is 11.5 Å². The fraction of sp³-hybridized carbons (Fsp3) is 0.676. The predicted molar refractivity (Wildman–Crippen MR) is 209 cm³/mol. The molecule has 0 bridgehead atoms. The second kappa shape index (κ2) is 24.3. The molecule has 0 unspecified atom stereocenters. The van der Waals surface area contributed by atoms with Crippen molar-refractivity contribution in [3.05, 3.63) is 18.2 Å². The summed E-state index contributed by atoms with van der Waals surface area (Å²) in [4.78, 5) is 124. The molecular formula is C37H60N10O12. The fourth-order valence-electron chi connectivity index (χ4n) is 6.45. The number of imidazole rings is 1. The van der Waals surface area contributed by atoms with Crippen LogP contribution >= 0.6 is 0 Å². The molecule has 1 aromatic rings. The number of carboxylic acid groups (broad SMARTS) is 3. The molecule has 0 saturated carbocycles. The Morgan fingerprint density at radius 3 is 1.98 bits per heavy atom. The highest BCUT2D eigenvalue weighted by Gasteiger charge is 2.39. The van der Waals surface area contributed by atoms with Crippen LogP contribution in [0.2, 0.25) is 0 Å². The van der Waals surface area contributed by atoms with Crippen molar-refractivity contribution in [2.24, 2.45) is 23.3 Å². The first kappa shape index (κ1) is 49.5. The van der Waals surface area contributed by atoms with Gasteiger partial charge in [0.25, 0.3) is 0 Å². The summed E-state index contributed by atoms with van der Waals surface area (Å²) in [6, 6.07) is -9.38. The predicted octanol–water partition coefficient (Wildman–Crippen LogP) is -2.05. The van der Waals surface area contributed by atoms with Gasteiger partial charge in [-0.3, -0.25) is 38.4 Å². The highest BCUT2D eigenvalue weighted by atomic mass is 16.4. The number of aromatic amines is 1. The topological polar surface area (TPSA) is 358 Å². The van der Waals surface area contributed by atoms with Crippen molar-refractivity contribution in [2.45, 2.75) is 134 Å². The number of hydrogen-bond acceptors (Lipinski definition) is 12. The van der Waals surface area contributed by atoms with Gasteiger partial charge < -0.3 is 63.3 Å². The van der Waals surface area contributed by atoms with Gasteiger partial charge in [-0.05, 0) is 56.9 Å². The van der Waals surface area contributed by atoms with Crippen LogP contribution in [0.15, 0.2) is 12.5 Å². The minimum Gasteiger partial charge on any atom is -0.481 e. The molecular weight excluding hydrogens is 776 g/mol. The molecule has 2 heterocycles. The molecule has 2 rings (SSSR count). The SMILES string of the molecule is CC[C@H](C)[C@H](NC(=O)[C@@H](NC(=O)[C@H](CC(=O)O)NC(=O)[C@H](CCCCN)NC(=O)[C@H](CCC(=O)O)NC(=O)[C@@H]1CCCN1C(=O)[C@@H](N)Cc1cnc[nH]1)C(C)C)C(=O)O. The van der Waals surface area contributed by atoms with Crippen molar-refractivity contribution in [3.63, 3.8) is 0 Å². The maximum atomic E-state index is 13.8. The number of carboxylic acids is 3. The summed E-state index contributed by atoms with van der Waals surface area (Å²) in [5, 5.41) is 40.8. The van der Waals surface area contributed by atoms with Gasteiger partial charge in [0.05, 0.1) is 18.8 Å². The molecule has 330 valence electrons. The Hall–Kier alpha value is -5.64. The molecule has 1 aliphatic heterocycles. The zero-order valence-corrected chi connectivity index (χ0v) is 33.9. The molecule has 0 aromatic carbocycles. The van der Waals surface area contributed by atoms with Gasteiger partial charge in [-0.2, -0.15) is 0 Å². The highest BCUT2D eigenvalue weighted by molar-refractivity contribution is 5.98. The van der Waals surface area contributed by atoms with E-state index in [0.29, 0.717) is 25.0 Å². The molecule has 1 aliphatic rings. The molecule has 59 heavy (non-hydrogen) atoms. The van der Waals surface area contributed by atoms with Crippen LogP contribution in [0.5, 0.6) is 0 Å². The number of rotatable bonds is 26. The van der Waals surface area contributed by atoms with Gasteiger partial charge in [0.2, 0.25) is 35.4 Å². The number of hydrogen-bond donors (Lipinski definition) is 11. The lowest BCUT2D eigenvalue weighted by atomic mass is 9.97. The van der Waals surface area contributed by atoms with E-state index in [0.717, 1.165) is 0 Å². The van der Waals surface area contributed by atoms with Crippen LogP contribution in [0.3, 0.4) is 0 Å². The van der Waals surface area contributed by atoms with Gasteiger partial charge in [-0.15, -0.1) is 0 Å². The first-order chi connectivity index (χ1) is 27.8. The smallest absolute Gasteiger partial charge is 0.326 e. The number of H-pyrrole nitrogens is 1. The van der Waals surface area contributed by atoms with Crippen LogP contribution in [0.4, 0.5) is 0 Å².